The van der Waals surface area contributed by atoms with E-state index >= 15 is 0 Å². The average molecular weight is 428 g/mol. The van der Waals surface area contributed by atoms with Gasteiger partial charge in [-0.3, -0.25) is 19.9 Å². The normalized spacial score (nSPS) is 18.1. The van der Waals surface area contributed by atoms with Crippen LogP contribution in [0.3, 0.4) is 0 Å². The van der Waals surface area contributed by atoms with Crippen LogP contribution >= 0.6 is 0 Å². The number of non-ortho nitro benzene ring substituents is 1. The molecule has 0 saturated heterocycles. The van der Waals surface area contributed by atoms with Gasteiger partial charge in [0.1, 0.15) is 0 Å². The van der Waals surface area contributed by atoms with Gasteiger partial charge in [0.2, 0.25) is 6.41 Å². The predicted octanol–water partition coefficient (Wildman–Crippen LogP) is 3.82. The number of azide groups is 1. The zero-order valence-electron chi connectivity index (χ0n) is 17.3. The Balaban J connectivity index is 2.57. The van der Waals surface area contributed by atoms with Gasteiger partial charge in [-0.15, -0.1) is 0 Å². The molecule has 11 nitrogen and oxygen atoms in total. The van der Waals surface area contributed by atoms with E-state index < -0.39 is 22.9 Å². The number of carboxylic acid groups (broad SMARTS) is 1. The lowest BCUT2D eigenvalue weighted by Gasteiger charge is -2.37. The third kappa shape index (κ3) is 5.46. The minimum absolute atomic E-state index is 0.0635. The SMILES string of the molecule is CCC1=NC(CCCCN=[N+]=[N-])=C(C(=O)O)C(c2ccc([N+](=O)[O-])cc2)C1N(C)C=O. The first-order valence-corrected chi connectivity index (χ1v) is 9.81. The highest BCUT2D eigenvalue weighted by Gasteiger charge is 2.40. The molecule has 1 aliphatic rings. The van der Waals surface area contributed by atoms with E-state index in [1.807, 2.05) is 6.92 Å². The number of carbonyl (C=O) groups excluding carboxylic acids is 1. The summed E-state index contributed by atoms with van der Waals surface area (Å²) in [5.41, 5.74) is 9.96. The van der Waals surface area contributed by atoms with Crippen LogP contribution < -0.4 is 0 Å². The van der Waals surface area contributed by atoms with E-state index in [2.05, 4.69) is 15.0 Å². The predicted molar refractivity (Wildman–Crippen MR) is 114 cm³/mol. The molecule has 1 aromatic carbocycles. The smallest absolute Gasteiger partial charge is 0.334 e. The molecule has 1 aromatic rings. The molecule has 1 aliphatic heterocycles. The second-order valence-corrected chi connectivity index (χ2v) is 7.08. The average Bonchev–Trinajstić information content (AvgIpc) is 2.77. The van der Waals surface area contributed by atoms with Gasteiger partial charge in [0.15, 0.2) is 0 Å². The van der Waals surface area contributed by atoms with Gasteiger partial charge in [-0.05, 0) is 36.8 Å². The summed E-state index contributed by atoms with van der Waals surface area (Å²) in [6, 6.07) is 5.07. The van der Waals surface area contributed by atoms with Crippen molar-refractivity contribution in [3.05, 3.63) is 61.7 Å². The van der Waals surface area contributed by atoms with Gasteiger partial charge in [0.05, 0.1) is 22.2 Å². The van der Waals surface area contributed by atoms with E-state index in [0.717, 1.165) is 0 Å². The molecule has 1 N–H and O–H groups in total. The Morgan fingerprint density at radius 2 is 2.06 bits per heavy atom. The summed E-state index contributed by atoms with van der Waals surface area (Å²) in [5.74, 6) is -1.88. The van der Waals surface area contributed by atoms with Crippen molar-refractivity contribution in [3.63, 3.8) is 0 Å². The molecule has 0 spiro atoms. The Morgan fingerprint density at radius 1 is 1.39 bits per heavy atom. The molecule has 1 amide bonds. The molecule has 0 saturated carbocycles. The molecular formula is C20H24N6O5. The van der Waals surface area contributed by atoms with Crippen LogP contribution in [-0.2, 0) is 9.59 Å². The third-order valence-electron chi connectivity index (χ3n) is 5.20. The number of nitro groups is 1. The highest BCUT2D eigenvalue weighted by molar-refractivity contribution is 6.00. The summed E-state index contributed by atoms with van der Waals surface area (Å²) in [6.45, 7) is 2.18. The monoisotopic (exact) mass is 428 g/mol. The molecule has 0 aromatic heterocycles. The molecule has 0 bridgehead atoms. The van der Waals surface area contributed by atoms with Gasteiger partial charge in [-0.1, -0.05) is 24.2 Å². The molecule has 2 rings (SSSR count). The zero-order chi connectivity index (χ0) is 23.0. The zero-order valence-corrected chi connectivity index (χ0v) is 17.3. The number of aliphatic imine (C=N–C) groups is 1. The number of carboxylic acids is 1. The van der Waals surface area contributed by atoms with Crippen LogP contribution in [0.5, 0.6) is 0 Å². The fraction of sp³-hybridized carbons (Fsp3) is 0.450. The number of carbonyl (C=O) groups is 2. The molecule has 1 heterocycles. The van der Waals surface area contributed by atoms with Crippen LogP contribution in [0.25, 0.3) is 10.4 Å². The first-order chi connectivity index (χ1) is 14.8. The van der Waals surface area contributed by atoms with E-state index in [0.29, 0.717) is 55.6 Å². The number of hydrogen-bond acceptors (Lipinski definition) is 6. The second kappa shape index (κ2) is 10.9. The summed E-state index contributed by atoms with van der Waals surface area (Å²) < 4.78 is 0. The summed E-state index contributed by atoms with van der Waals surface area (Å²) in [6.07, 6.45) is 2.65. The van der Waals surface area contributed by atoms with Gasteiger partial charge in [0, 0.05) is 42.3 Å². The molecule has 2 atom stereocenters. The Morgan fingerprint density at radius 3 is 2.58 bits per heavy atom. The molecule has 164 valence electrons. The first kappa shape index (κ1) is 23.6. The van der Waals surface area contributed by atoms with Crippen molar-refractivity contribution in [1.82, 2.24) is 4.90 Å². The Kier molecular flexibility index (Phi) is 8.27. The number of aliphatic carboxylic acids is 1. The maximum atomic E-state index is 12.3. The number of rotatable bonds is 11. The van der Waals surface area contributed by atoms with Crippen molar-refractivity contribution in [2.75, 3.05) is 13.6 Å². The van der Waals surface area contributed by atoms with E-state index in [9.17, 15) is 24.8 Å². The van der Waals surface area contributed by atoms with Gasteiger partial charge in [-0.2, -0.15) is 0 Å². The van der Waals surface area contributed by atoms with Crippen LogP contribution in [0.1, 0.15) is 44.1 Å². The summed E-state index contributed by atoms with van der Waals surface area (Å²) in [7, 11) is 1.56. The van der Waals surface area contributed by atoms with Crippen LogP contribution in [0.2, 0.25) is 0 Å². The van der Waals surface area contributed by atoms with E-state index in [1.54, 1.807) is 7.05 Å². The molecular weight excluding hydrogens is 404 g/mol. The summed E-state index contributed by atoms with van der Waals surface area (Å²) in [5, 5.41) is 24.6. The van der Waals surface area contributed by atoms with Crippen LogP contribution in [0.4, 0.5) is 5.69 Å². The maximum absolute atomic E-state index is 12.3. The molecule has 0 radical (unpaired) electrons. The molecule has 0 aliphatic carbocycles. The highest BCUT2D eigenvalue weighted by atomic mass is 16.6. The lowest BCUT2D eigenvalue weighted by molar-refractivity contribution is -0.384. The van der Waals surface area contributed by atoms with E-state index in [-0.39, 0.29) is 11.3 Å². The standard InChI is InChI=1S/C20H24N6O5/c1-3-15-19(25(2)12-27)17(13-7-9-14(10-8-13)26(30)31)18(20(28)29)16(23-15)6-4-5-11-22-24-21/h7-10,12,17,19H,3-6,11H2,1-2H3,(H,28,29). The number of benzene rings is 1. The van der Waals surface area contributed by atoms with Crippen molar-refractivity contribution in [2.24, 2.45) is 10.1 Å². The van der Waals surface area contributed by atoms with E-state index in [1.165, 1.54) is 29.2 Å². The van der Waals surface area contributed by atoms with Gasteiger partial charge < -0.3 is 10.0 Å². The molecule has 11 heteroatoms. The van der Waals surface area contributed by atoms with Crippen LogP contribution in [0.15, 0.2) is 45.6 Å². The number of nitro benzene ring substituents is 1. The molecule has 31 heavy (non-hydrogen) atoms. The van der Waals surface area contributed by atoms with E-state index in [4.69, 9.17) is 5.53 Å². The third-order valence-corrected chi connectivity index (χ3v) is 5.20. The van der Waals surface area contributed by atoms with Crippen molar-refractivity contribution >= 4 is 23.8 Å². The summed E-state index contributed by atoms with van der Waals surface area (Å²) >= 11 is 0. The minimum Gasteiger partial charge on any atom is -0.478 e. The summed E-state index contributed by atoms with van der Waals surface area (Å²) in [4.78, 5) is 43.1. The second-order valence-electron chi connectivity index (χ2n) is 7.08. The van der Waals surface area contributed by atoms with Crippen molar-refractivity contribution in [3.8, 4) is 0 Å². The van der Waals surface area contributed by atoms with Crippen molar-refractivity contribution < 1.29 is 19.6 Å². The number of nitrogens with zero attached hydrogens (tertiary/aromatic N) is 6. The van der Waals surface area contributed by atoms with Crippen LogP contribution in [0, 0.1) is 10.1 Å². The van der Waals surface area contributed by atoms with Crippen molar-refractivity contribution in [2.45, 2.75) is 44.6 Å². The Labute approximate surface area is 178 Å². The number of hydrogen-bond donors (Lipinski definition) is 1. The van der Waals surface area contributed by atoms with Gasteiger partial charge in [0.25, 0.3) is 5.69 Å². The van der Waals surface area contributed by atoms with Gasteiger partial charge in [-0.25, -0.2) is 4.79 Å². The minimum atomic E-state index is -1.16. The first-order valence-electron chi connectivity index (χ1n) is 9.81. The molecule has 0 fully saturated rings. The Bertz CT molecular complexity index is 949. The lowest BCUT2D eigenvalue weighted by atomic mass is 9.78. The van der Waals surface area contributed by atoms with Gasteiger partial charge >= 0.3 is 5.97 Å². The highest BCUT2D eigenvalue weighted by Crippen LogP contribution is 2.39. The number of amides is 1. The lowest BCUT2D eigenvalue weighted by Crippen LogP contribution is -2.46. The number of allylic oxidation sites excluding steroid dienone is 1. The number of likely N-dealkylation sites (N-methyl/N-ethyl adjacent to an activating group) is 1. The Hall–Kier alpha value is -3.72. The maximum Gasteiger partial charge on any atom is 0.334 e. The molecule has 2 unspecified atom stereocenters. The fourth-order valence-corrected chi connectivity index (χ4v) is 3.77. The largest absolute Gasteiger partial charge is 0.478 e. The quantitative estimate of drug-likeness (QED) is 0.108. The topological polar surface area (TPSA) is 162 Å². The fourth-order valence-electron chi connectivity index (χ4n) is 3.77. The van der Waals surface area contributed by atoms with Crippen molar-refractivity contribution in [1.29, 1.82) is 0 Å². The number of unbranched alkanes of at least 4 members (excludes halogenated alkanes) is 1. The van der Waals surface area contributed by atoms with Crippen LogP contribution in [-0.4, -0.2) is 52.7 Å².